The third-order valence-electron chi connectivity index (χ3n) is 2.42. The summed E-state index contributed by atoms with van der Waals surface area (Å²) in [6.45, 7) is 5.16. The van der Waals surface area contributed by atoms with E-state index >= 15 is 0 Å². The molecule has 1 aromatic carbocycles. The number of nitrogens with one attached hydrogen (secondary N) is 1. The molecule has 16 heavy (non-hydrogen) atoms. The summed E-state index contributed by atoms with van der Waals surface area (Å²) in [6, 6.07) is 5.07. The molecule has 0 radical (unpaired) electrons. The van der Waals surface area contributed by atoms with Gasteiger partial charge in [0.1, 0.15) is 5.82 Å². The van der Waals surface area contributed by atoms with Gasteiger partial charge in [0.15, 0.2) is 0 Å². The number of halogens is 2. The predicted molar refractivity (Wildman–Crippen MR) is 70.8 cm³/mol. The molecule has 1 aromatic rings. The monoisotopic (exact) mass is 285 g/mol. The van der Waals surface area contributed by atoms with E-state index in [0.717, 1.165) is 12.1 Å². The Labute approximate surface area is 105 Å². The molecule has 0 fully saturated rings. The zero-order chi connectivity index (χ0) is 12.1. The standard InChI is InChI=1S/C13H17BrFN/c1-9(2)11(8-16-3)6-10-4-5-13(15)12(14)7-10/h4-7,9,16H,8H2,1-3H3. The average Bonchev–Trinajstić information content (AvgIpc) is 2.22. The van der Waals surface area contributed by atoms with Crippen molar-refractivity contribution >= 4 is 22.0 Å². The van der Waals surface area contributed by atoms with Gasteiger partial charge in [-0.2, -0.15) is 0 Å². The highest BCUT2D eigenvalue weighted by atomic mass is 79.9. The van der Waals surface area contributed by atoms with Crippen LogP contribution in [0, 0.1) is 11.7 Å². The molecule has 0 saturated carbocycles. The van der Waals surface area contributed by atoms with Crippen molar-refractivity contribution in [3.63, 3.8) is 0 Å². The highest BCUT2D eigenvalue weighted by Gasteiger charge is 2.04. The Morgan fingerprint density at radius 1 is 1.50 bits per heavy atom. The Morgan fingerprint density at radius 2 is 2.19 bits per heavy atom. The number of hydrogen-bond donors (Lipinski definition) is 1. The van der Waals surface area contributed by atoms with E-state index < -0.39 is 0 Å². The van der Waals surface area contributed by atoms with Crippen LogP contribution in [0.2, 0.25) is 0 Å². The van der Waals surface area contributed by atoms with E-state index in [1.165, 1.54) is 11.6 Å². The summed E-state index contributed by atoms with van der Waals surface area (Å²) in [7, 11) is 1.93. The summed E-state index contributed by atoms with van der Waals surface area (Å²) in [6.07, 6.45) is 2.10. The summed E-state index contributed by atoms with van der Waals surface area (Å²) < 4.78 is 13.6. The first-order valence-corrected chi connectivity index (χ1v) is 6.14. The Balaban J connectivity index is 2.98. The minimum atomic E-state index is -0.225. The molecule has 0 unspecified atom stereocenters. The van der Waals surface area contributed by atoms with E-state index in [4.69, 9.17) is 0 Å². The van der Waals surface area contributed by atoms with Crippen LogP contribution in [-0.4, -0.2) is 13.6 Å². The minimum absolute atomic E-state index is 0.225. The first kappa shape index (κ1) is 13.4. The lowest BCUT2D eigenvalue weighted by Crippen LogP contribution is -2.13. The molecule has 1 N–H and O–H groups in total. The highest BCUT2D eigenvalue weighted by molar-refractivity contribution is 9.10. The van der Waals surface area contributed by atoms with Crippen molar-refractivity contribution in [1.29, 1.82) is 0 Å². The molecule has 0 spiro atoms. The number of hydrogen-bond acceptors (Lipinski definition) is 1. The van der Waals surface area contributed by atoms with Gasteiger partial charge in [0.05, 0.1) is 4.47 Å². The summed E-state index contributed by atoms with van der Waals surface area (Å²) in [4.78, 5) is 0. The van der Waals surface area contributed by atoms with Gasteiger partial charge in [-0.25, -0.2) is 4.39 Å². The molecule has 0 bridgehead atoms. The molecule has 0 atom stereocenters. The Morgan fingerprint density at radius 3 is 2.69 bits per heavy atom. The molecule has 88 valence electrons. The fourth-order valence-electron chi connectivity index (χ4n) is 1.44. The van der Waals surface area contributed by atoms with Gasteiger partial charge >= 0.3 is 0 Å². The first-order valence-electron chi connectivity index (χ1n) is 5.34. The van der Waals surface area contributed by atoms with E-state index in [1.807, 2.05) is 7.05 Å². The van der Waals surface area contributed by atoms with Gasteiger partial charge in [-0.15, -0.1) is 0 Å². The number of likely N-dealkylation sites (N-methyl/N-ethyl adjacent to an activating group) is 1. The maximum absolute atomic E-state index is 13.1. The van der Waals surface area contributed by atoms with Crippen LogP contribution in [0.5, 0.6) is 0 Å². The molecule has 3 heteroatoms. The van der Waals surface area contributed by atoms with E-state index in [2.05, 4.69) is 41.2 Å². The van der Waals surface area contributed by atoms with E-state index in [9.17, 15) is 4.39 Å². The lowest BCUT2D eigenvalue weighted by molar-refractivity contribution is 0.621. The van der Waals surface area contributed by atoms with Crippen LogP contribution < -0.4 is 5.32 Å². The second-order valence-corrected chi connectivity index (χ2v) is 4.93. The van der Waals surface area contributed by atoms with E-state index in [-0.39, 0.29) is 5.82 Å². The van der Waals surface area contributed by atoms with Crippen LogP contribution in [0.4, 0.5) is 4.39 Å². The van der Waals surface area contributed by atoms with Crippen molar-refractivity contribution in [3.8, 4) is 0 Å². The Hall–Kier alpha value is -0.670. The largest absolute Gasteiger partial charge is 0.316 e. The predicted octanol–water partition coefficient (Wildman–Crippen LogP) is 3.85. The highest BCUT2D eigenvalue weighted by Crippen LogP contribution is 2.20. The molecule has 0 aliphatic carbocycles. The first-order chi connectivity index (χ1) is 7.54. The maximum atomic E-state index is 13.1. The second kappa shape index (κ2) is 6.16. The van der Waals surface area contributed by atoms with Crippen molar-refractivity contribution in [2.45, 2.75) is 13.8 Å². The van der Waals surface area contributed by atoms with Crippen LogP contribution in [0.25, 0.3) is 6.08 Å². The summed E-state index contributed by atoms with van der Waals surface area (Å²) in [5, 5.41) is 3.14. The Kier molecular flexibility index (Phi) is 5.16. The fourth-order valence-corrected chi connectivity index (χ4v) is 1.84. The van der Waals surface area contributed by atoms with E-state index in [1.54, 1.807) is 12.1 Å². The molecule has 0 aromatic heterocycles. The van der Waals surface area contributed by atoms with Gasteiger partial charge in [-0.1, -0.05) is 31.6 Å². The molecule has 0 heterocycles. The lowest BCUT2D eigenvalue weighted by Gasteiger charge is -2.11. The van der Waals surface area contributed by atoms with Gasteiger partial charge in [0, 0.05) is 6.54 Å². The molecule has 1 nitrogen and oxygen atoms in total. The third kappa shape index (κ3) is 3.72. The molecular weight excluding hydrogens is 269 g/mol. The molecular formula is C13H17BrFN. The Bertz CT molecular complexity index is 386. The van der Waals surface area contributed by atoms with Crippen LogP contribution in [-0.2, 0) is 0 Å². The van der Waals surface area contributed by atoms with Crippen molar-refractivity contribution in [2.24, 2.45) is 5.92 Å². The second-order valence-electron chi connectivity index (χ2n) is 4.08. The van der Waals surface area contributed by atoms with Gasteiger partial charge in [-0.05, 0) is 46.6 Å². The SMILES string of the molecule is CNCC(=Cc1ccc(F)c(Br)c1)C(C)C. The third-order valence-corrected chi connectivity index (χ3v) is 3.03. The zero-order valence-corrected chi connectivity index (χ0v) is 11.4. The molecule has 1 rings (SSSR count). The summed E-state index contributed by atoms with van der Waals surface area (Å²) >= 11 is 3.19. The van der Waals surface area contributed by atoms with Crippen LogP contribution in [0.3, 0.4) is 0 Å². The van der Waals surface area contributed by atoms with Crippen LogP contribution in [0.15, 0.2) is 28.2 Å². The quantitative estimate of drug-likeness (QED) is 0.886. The van der Waals surface area contributed by atoms with Crippen LogP contribution in [0.1, 0.15) is 19.4 Å². The normalized spacial score (nSPS) is 12.2. The molecule has 0 aliphatic rings. The van der Waals surface area contributed by atoms with Gasteiger partial charge in [0.25, 0.3) is 0 Å². The van der Waals surface area contributed by atoms with Crippen LogP contribution >= 0.6 is 15.9 Å². The number of benzene rings is 1. The minimum Gasteiger partial charge on any atom is -0.316 e. The van der Waals surface area contributed by atoms with Crippen molar-refractivity contribution in [1.82, 2.24) is 5.32 Å². The average molecular weight is 286 g/mol. The fraction of sp³-hybridized carbons (Fsp3) is 0.385. The van der Waals surface area contributed by atoms with E-state index in [0.29, 0.717) is 10.4 Å². The zero-order valence-electron chi connectivity index (χ0n) is 9.85. The smallest absolute Gasteiger partial charge is 0.137 e. The molecule has 0 aliphatic heterocycles. The van der Waals surface area contributed by atoms with Gasteiger partial charge in [0.2, 0.25) is 0 Å². The summed E-state index contributed by atoms with van der Waals surface area (Å²) in [5.41, 5.74) is 2.33. The molecule has 0 saturated heterocycles. The number of rotatable bonds is 4. The topological polar surface area (TPSA) is 12.0 Å². The van der Waals surface area contributed by atoms with Crippen molar-refractivity contribution < 1.29 is 4.39 Å². The lowest BCUT2D eigenvalue weighted by atomic mass is 10.0. The van der Waals surface area contributed by atoms with Crippen molar-refractivity contribution in [2.75, 3.05) is 13.6 Å². The summed E-state index contributed by atoms with van der Waals surface area (Å²) in [5.74, 6) is 0.258. The maximum Gasteiger partial charge on any atom is 0.137 e. The van der Waals surface area contributed by atoms with Gasteiger partial charge < -0.3 is 5.32 Å². The molecule has 0 amide bonds. The van der Waals surface area contributed by atoms with Crippen molar-refractivity contribution in [3.05, 3.63) is 39.6 Å². The van der Waals surface area contributed by atoms with Gasteiger partial charge in [-0.3, -0.25) is 0 Å².